The van der Waals surface area contributed by atoms with E-state index in [0.29, 0.717) is 0 Å². The molecule has 0 amide bonds. The summed E-state index contributed by atoms with van der Waals surface area (Å²) in [4.78, 5) is 18.7. The van der Waals surface area contributed by atoms with Crippen molar-refractivity contribution in [3.8, 4) is 0 Å². The SMILES string of the molecule is CCCc1cc(=O)[nH]c(C2(C)CC2)n1. The second kappa shape index (κ2) is 3.23. The minimum atomic E-state index is -0.00780. The third-order valence-electron chi connectivity index (χ3n) is 2.87. The molecule has 1 fully saturated rings. The fourth-order valence-corrected chi connectivity index (χ4v) is 1.60. The summed E-state index contributed by atoms with van der Waals surface area (Å²) in [6, 6.07) is 1.61. The van der Waals surface area contributed by atoms with Crippen molar-refractivity contribution >= 4 is 0 Å². The van der Waals surface area contributed by atoms with Crippen LogP contribution in [0, 0.1) is 0 Å². The van der Waals surface area contributed by atoms with E-state index in [-0.39, 0.29) is 11.0 Å². The Bertz CT molecular complexity index is 391. The predicted octanol–water partition coefficient (Wildman–Crippen LogP) is 1.77. The number of aryl methyl sites for hydroxylation is 1. The molecule has 1 aromatic heterocycles. The first kappa shape index (κ1) is 9.44. The van der Waals surface area contributed by atoms with Gasteiger partial charge >= 0.3 is 0 Å². The van der Waals surface area contributed by atoms with E-state index in [1.165, 1.54) is 0 Å². The molecule has 0 radical (unpaired) electrons. The average molecular weight is 192 g/mol. The highest BCUT2D eigenvalue weighted by Crippen LogP contribution is 2.45. The van der Waals surface area contributed by atoms with Gasteiger partial charge in [-0.1, -0.05) is 20.3 Å². The van der Waals surface area contributed by atoms with Gasteiger partial charge in [-0.2, -0.15) is 0 Å². The lowest BCUT2D eigenvalue weighted by molar-refractivity contribution is 0.686. The van der Waals surface area contributed by atoms with E-state index in [0.717, 1.165) is 37.2 Å². The van der Waals surface area contributed by atoms with Crippen LogP contribution in [-0.2, 0) is 11.8 Å². The number of hydrogen-bond acceptors (Lipinski definition) is 2. The zero-order valence-electron chi connectivity index (χ0n) is 8.76. The lowest BCUT2D eigenvalue weighted by Crippen LogP contribution is -2.17. The molecule has 0 aromatic carbocycles. The Kier molecular flexibility index (Phi) is 2.17. The number of nitrogens with one attached hydrogen (secondary N) is 1. The van der Waals surface area contributed by atoms with Gasteiger partial charge in [0.15, 0.2) is 0 Å². The van der Waals surface area contributed by atoms with Crippen molar-refractivity contribution in [2.24, 2.45) is 0 Å². The molecule has 0 spiro atoms. The Balaban J connectivity index is 2.37. The second-order valence-corrected chi connectivity index (χ2v) is 4.40. The molecular formula is C11H16N2O. The van der Waals surface area contributed by atoms with Gasteiger partial charge in [0, 0.05) is 17.2 Å². The molecular weight excluding hydrogens is 176 g/mol. The van der Waals surface area contributed by atoms with Gasteiger partial charge in [0.2, 0.25) is 0 Å². The van der Waals surface area contributed by atoms with Crippen LogP contribution in [0.5, 0.6) is 0 Å². The third-order valence-corrected chi connectivity index (χ3v) is 2.87. The summed E-state index contributed by atoms with van der Waals surface area (Å²) in [5, 5.41) is 0. The van der Waals surface area contributed by atoms with Crippen LogP contribution in [0.15, 0.2) is 10.9 Å². The van der Waals surface area contributed by atoms with Gasteiger partial charge in [0.05, 0.1) is 0 Å². The quantitative estimate of drug-likeness (QED) is 0.793. The van der Waals surface area contributed by atoms with Crippen molar-refractivity contribution in [3.63, 3.8) is 0 Å². The first-order chi connectivity index (χ1) is 6.64. The van der Waals surface area contributed by atoms with Gasteiger partial charge < -0.3 is 4.98 Å². The molecule has 0 aliphatic heterocycles. The molecule has 1 aliphatic carbocycles. The summed E-state index contributed by atoms with van der Waals surface area (Å²) in [6.07, 6.45) is 4.22. The Morgan fingerprint density at radius 3 is 2.86 bits per heavy atom. The molecule has 3 heteroatoms. The summed E-state index contributed by atoms with van der Waals surface area (Å²) in [7, 11) is 0. The van der Waals surface area contributed by atoms with Crippen LogP contribution >= 0.6 is 0 Å². The average Bonchev–Trinajstić information content (AvgIpc) is 2.85. The number of nitrogens with zero attached hydrogens (tertiary/aromatic N) is 1. The molecule has 0 bridgehead atoms. The monoisotopic (exact) mass is 192 g/mol. The number of aromatic nitrogens is 2. The Morgan fingerprint density at radius 2 is 2.29 bits per heavy atom. The van der Waals surface area contributed by atoms with Crippen LogP contribution in [0.1, 0.15) is 44.6 Å². The first-order valence-corrected chi connectivity index (χ1v) is 5.25. The van der Waals surface area contributed by atoms with Crippen molar-refractivity contribution in [3.05, 3.63) is 27.9 Å². The number of H-pyrrole nitrogens is 1. The fourth-order valence-electron chi connectivity index (χ4n) is 1.60. The molecule has 14 heavy (non-hydrogen) atoms. The molecule has 3 nitrogen and oxygen atoms in total. The van der Waals surface area contributed by atoms with Crippen molar-refractivity contribution in [1.82, 2.24) is 9.97 Å². The van der Waals surface area contributed by atoms with E-state index < -0.39 is 0 Å². The van der Waals surface area contributed by atoms with Crippen molar-refractivity contribution in [2.45, 2.75) is 44.9 Å². The summed E-state index contributed by atoms with van der Waals surface area (Å²) in [5.41, 5.74) is 1.08. The fraction of sp³-hybridized carbons (Fsp3) is 0.636. The Labute approximate surface area is 83.6 Å². The van der Waals surface area contributed by atoms with Crippen LogP contribution in [0.3, 0.4) is 0 Å². The molecule has 0 unspecified atom stereocenters. The number of rotatable bonds is 3. The van der Waals surface area contributed by atoms with Gasteiger partial charge in [0.25, 0.3) is 5.56 Å². The third kappa shape index (κ3) is 1.72. The number of aromatic amines is 1. The molecule has 2 rings (SSSR count). The van der Waals surface area contributed by atoms with Crippen LogP contribution in [0.2, 0.25) is 0 Å². The van der Waals surface area contributed by atoms with Gasteiger partial charge in [-0.25, -0.2) is 4.98 Å². The summed E-state index contributed by atoms with van der Waals surface area (Å²) < 4.78 is 0. The molecule has 0 atom stereocenters. The molecule has 1 aliphatic rings. The molecule has 76 valence electrons. The van der Waals surface area contributed by atoms with Crippen LogP contribution in [0.25, 0.3) is 0 Å². The smallest absolute Gasteiger partial charge is 0.251 e. The maximum absolute atomic E-state index is 11.4. The molecule has 1 saturated carbocycles. The van der Waals surface area contributed by atoms with Crippen molar-refractivity contribution < 1.29 is 0 Å². The Morgan fingerprint density at radius 1 is 1.57 bits per heavy atom. The van der Waals surface area contributed by atoms with E-state index in [2.05, 4.69) is 23.8 Å². The maximum atomic E-state index is 11.4. The standard InChI is InChI=1S/C11H16N2O/c1-3-4-8-7-9(14)13-10(12-8)11(2)5-6-11/h7H,3-6H2,1-2H3,(H,12,13,14). The zero-order valence-corrected chi connectivity index (χ0v) is 8.76. The van der Waals surface area contributed by atoms with E-state index in [1.54, 1.807) is 6.07 Å². The molecule has 1 heterocycles. The van der Waals surface area contributed by atoms with Gasteiger partial charge in [-0.05, 0) is 19.3 Å². The first-order valence-electron chi connectivity index (χ1n) is 5.25. The number of hydrogen-bond donors (Lipinski definition) is 1. The normalized spacial score (nSPS) is 18.1. The molecule has 0 saturated heterocycles. The zero-order chi connectivity index (χ0) is 10.2. The maximum Gasteiger partial charge on any atom is 0.251 e. The van der Waals surface area contributed by atoms with Gasteiger partial charge in [0.1, 0.15) is 5.82 Å². The van der Waals surface area contributed by atoms with Crippen LogP contribution < -0.4 is 5.56 Å². The summed E-state index contributed by atoms with van der Waals surface area (Å²) in [6.45, 7) is 4.25. The largest absolute Gasteiger partial charge is 0.310 e. The lowest BCUT2D eigenvalue weighted by atomic mass is 10.1. The van der Waals surface area contributed by atoms with E-state index in [1.807, 2.05) is 0 Å². The topological polar surface area (TPSA) is 45.8 Å². The van der Waals surface area contributed by atoms with Crippen LogP contribution in [0.4, 0.5) is 0 Å². The Hall–Kier alpha value is -1.12. The second-order valence-electron chi connectivity index (χ2n) is 4.40. The van der Waals surface area contributed by atoms with Crippen molar-refractivity contribution in [1.29, 1.82) is 0 Å². The van der Waals surface area contributed by atoms with E-state index >= 15 is 0 Å². The van der Waals surface area contributed by atoms with E-state index in [9.17, 15) is 4.79 Å². The molecule has 1 N–H and O–H groups in total. The highest BCUT2D eigenvalue weighted by Gasteiger charge is 2.41. The highest BCUT2D eigenvalue weighted by atomic mass is 16.1. The van der Waals surface area contributed by atoms with E-state index in [4.69, 9.17) is 0 Å². The highest BCUT2D eigenvalue weighted by molar-refractivity contribution is 5.17. The van der Waals surface area contributed by atoms with Crippen LogP contribution in [-0.4, -0.2) is 9.97 Å². The predicted molar refractivity (Wildman–Crippen MR) is 55.4 cm³/mol. The molecule has 1 aromatic rings. The summed E-state index contributed by atoms with van der Waals surface area (Å²) in [5.74, 6) is 0.883. The van der Waals surface area contributed by atoms with Gasteiger partial charge in [-0.15, -0.1) is 0 Å². The minimum absolute atomic E-state index is 0.00780. The van der Waals surface area contributed by atoms with Crippen molar-refractivity contribution in [2.75, 3.05) is 0 Å². The summed E-state index contributed by atoms with van der Waals surface area (Å²) >= 11 is 0. The lowest BCUT2D eigenvalue weighted by Gasteiger charge is -2.08. The minimum Gasteiger partial charge on any atom is -0.310 e. The van der Waals surface area contributed by atoms with Gasteiger partial charge in [-0.3, -0.25) is 4.79 Å².